The molecule has 3 amide bonds. The molecule has 1 N–H and O–H groups in total. The van der Waals surface area contributed by atoms with E-state index in [-0.39, 0.29) is 43.3 Å². The van der Waals surface area contributed by atoms with Gasteiger partial charge in [-0.15, -0.1) is 13.2 Å². The van der Waals surface area contributed by atoms with E-state index in [1.54, 1.807) is 51.1 Å². The number of unbranched alkanes of at least 4 members (excludes halogenated alkanes) is 1. The molecule has 2 bridgehead atoms. The number of benzene rings is 1. The molecular formula is C31H42ClN3O5. The number of anilines is 1. The second kappa shape index (κ2) is 12.0. The minimum absolute atomic E-state index is 0.0111. The maximum absolute atomic E-state index is 14.6. The lowest BCUT2D eigenvalue weighted by Crippen LogP contribution is -2.57. The SMILES string of the molecule is C=CCN(CCC)C(=O)[C@H]1[C@H]2C(=O)N(CCCCO)C(C(=O)N(CC=C)c3ccc(Cl)cc3)C23CC(C)[C@]1(C)O3. The van der Waals surface area contributed by atoms with Gasteiger partial charge in [-0.1, -0.05) is 37.6 Å². The monoisotopic (exact) mass is 571 g/mol. The van der Waals surface area contributed by atoms with Crippen molar-refractivity contribution in [2.45, 2.75) is 63.7 Å². The van der Waals surface area contributed by atoms with Gasteiger partial charge in [0.15, 0.2) is 0 Å². The lowest BCUT2D eigenvalue weighted by atomic mass is 9.62. The molecule has 3 heterocycles. The third kappa shape index (κ3) is 4.88. The number of carbonyl (C=O) groups is 3. The van der Waals surface area contributed by atoms with Crippen molar-refractivity contribution in [1.29, 1.82) is 0 Å². The van der Waals surface area contributed by atoms with Crippen molar-refractivity contribution in [1.82, 2.24) is 9.80 Å². The average Bonchev–Trinajstić information content (AvgIpc) is 3.44. The van der Waals surface area contributed by atoms with E-state index in [9.17, 15) is 19.5 Å². The highest BCUT2D eigenvalue weighted by atomic mass is 35.5. The Morgan fingerprint density at radius 2 is 1.85 bits per heavy atom. The third-order valence-electron chi connectivity index (χ3n) is 8.99. The smallest absolute Gasteiger partial charge is 0.253 e. The quantitative estimate of drug-likeness (QED) is 0.285. The van der Waals surface area contributed by atoms with Crippen LogP contribution in [0.2, 0.25) is 5.02 Å². The first-order chi connectivity index (χ1) is 19.1. The maximum atomic E-state index is 14.6. The van der Waals surface area contributed by atoms with E-state index in [0.29, 0.717) is 43.1 Å². The molecule has 1 aromatic rings. The standard InChI is InChI=1S/C31H42ClN3O5/c1-6-15-33(16-7-2)27(37)24-25-28(38)35(18-9-10-19-36)26(31(25)20-21(4)30(24,5)40-31)29(39)34(17-8-3)23-13-11-22(32)12-14-23/h6,8,11-14,21,24-26,36H,1,3,7,9-10,15-20H2,2,4-5H3/t21?,24-,25+,26?,30+,31?/m1/s1. The third-order valence-corrected chi connectivity index (χ3v) is 9.24. The Kier molecular flexibility index (Phi) is 9.12. The summed E-state index contributed by atoms with van der Waals surface area (Å²) in [4.78, 5) is 48.0. The Bertz CT molecular complexity index is 1140. The highest BCUT2D eigenvalue weighted by molar-refractivity contribution is 6.30. The van der Waals surface area contributed by atoms with Crippen molar-refractivity contribution in [3.63, 3.8) is 0 Å². The summed E-state index contributed by atoms with van der Waals surface area (Å²) in [5.74, 6) is -2.16. The molecular weight excluding hydrogens is 530 g/mol. The molecule has 40 heavy (non-hydrogen) atoms. The van der Waals surface area contributed by atoms with Crippen LogP contribution >= 0.6 is 11.6 Å². The average molecular weight is 572 g/mol. The Morgan fingerprint density at radius 1 is 1.18 bits per heavy atom. The van der Waals surface area contributed by atoms with Crippen LogP contribution in [0.15, 0.2) is 49.6 Å². The molecule has 8 nitrogen and oxygen atoms in total. The van der Waals surface area contributed by atoms with Crippen molar-refractivity contribution < 1.29 is 24.2 Å². The summed E-state index contributed by atoms with van der Waals surface area (Å²) in [6.07, 6.45) is 5.64. The molecule has 218 valence electrons. The van der Waals surface area contributed by atoms with E-state index < -0.39 is 29.1 Å². The van der Waals surface area contributed by atoms with Gasteiger partial charge in [-0.05, 0) is 62.8 Å². The summed E-state index contributed by atoms with van der Waals surface area (Å²) in [6, 6.07) is 6.06. The largest absolute Gasteiger partial charge is 0.396 e. The Balaban J connectivity index is 1.81. The fourth-order valence-electron chi connectivity index (χ4n) is 7.16. The van der Waals surface area contributed by atoms with Crippen LogP contribution in [0.5, 0.6) is 0 Å². The number of likely N-dealkylation sites (tertiary alicyclic amines) is 1. The minimum Gasteiger partial charge on any atom is -0.396 e. The van der Waals surface area contributed by atoms with Crippen molar-refractivity contribution >= 4 is 35.0 Å². The lowest BCUT2D eigenvalue weighted by Gasteiger charge is -2.39. The number of rotatable bonds is 13. The van der Waals surface area contributed by atoms with Gasteiger partial charge in [0.05, 0.1) is 17.4 Å². The summed E-state index contributed by atoms with van der Waals surface area (Å²) < 4.78 is 6.87. The second-order valence-corrected chi connectivity index (χ2v) is 11.9. The van der Waals surface area contributed by atoms with Crippen LogP contribution in [-0.2, 0) is 19.1 Å². The molecule has 1 spiro atoms. The molecule has 0 aromatic heterocycles. The molecule has 3 aliphatic rings. The number of hydrogen-bond acceptors (Lipinski definition) is 5. The van der Waals surface area contributed by atoms with Crippen LogP contribution < -0.4 is 4.90 Å². The molecule has 4 rings (SSSR count). The van der Waals surface area contributed by atoms with Gasteiger partial charge in [-0.2, -0.15) is 0 Å². The Labute approximate surface area is 242 Å². The normalized spacial score (nSPS) is 30.3. The zero-order chi connectivity index (χ0) is 29.2. The second-order valence-electron chi connectivity index (χ2n) is 11.5. The molecule has 9 heteroatoms. The molecule has 3 saturated heterocycles. The summed E-state index contributed by atoms with van der Waals surface area (Å²) >= 11 is 6.12. The number of aliphatic hydroxyl groups excluding tert-OH is 1. The lowest BCUT2D eigenvalue weighted by molar-refractivity contribution is -0.151. The first kappa shape index (κ1) is 30.3. The molecule has 0 aliphatic carbocycles. The van der Waals surface area contributed by atoms with Crippen LogP contribution in [0.4, 0.5) is 5.69 Å². The van der Waals surface area contributed by atoms with Gasteiger partial charge in [0.1, 0.15) is 11.6 Å². The van der Waals surface area contributed by atoms with Gasteiger partial charge in [0.2, 0.25) is 11.8 Å². The highest BCUT2D eigenvalue weighted by Gasteiger charge is 2.80. The van der Waals surface area contributed by atoms with E-state index in [2.05, 4.69) is 13.2 Å². The van der Waals surface area contributed by atoms with Gasteiger partial charge in [0, 0.05) is 43.5 Å². The zero-order valence-electron chi connectivity index (χ0n) is 23.9. The number of fused-ring (bicyclic) bond motifs is 1. The summed E-state index contributed by atoms with van der Waals surface area (Å²) in [5, 5.41) is 9.99. The van der Waals surface area contributed by atoms with E-state index in [4.69, 9.17) is 16.3 Å². The maximum Gasteiger partial charge on any atom is 0.253 e. The van der Waals surface area contributed by atoms with Crippen molar-refractivity contribution in [2.75, 3.05) is 37.7 Å². The number of hydrogen-bond donors (Lipinski definition) is 1. The minimum atomic E-state index is -1.14. The van der Waals surface area contributed by atoms with E-state index in [0.717, 1.165) is 6.42 Å². The fourth-order valence-corrected chi connectivity index (χ4v) is 7.29. The number of nitrogens with zero attached hydrogens (tertiary/aromatic N) is 3. The summed E-state index contributed by atoms with van der Waals surface area (Å²) in [6.45, 7) is 15.1. The molecule has 0 saturated carbocycles. The topological polar surface area (TPSA) is 90.4 Å². The summed E-state index contributed by atoms with van der Waals surface area (Å²) in [5.41, 5.74) is -1.39. The van der Waals surface area contributed by atoms with Crippen molar-refractivity contribution in [2.24, 2.45) is 17.8 Å². The van der Waals surface area contributed by atoms with E-state index in [1.807, 2.05) is 20.8 Å². The van der Waals surface area contributed by atoms with Gasteiger partial charge in [-0.3, -0.25) is 14.4 Å². The number of ether oxygens (including phenoxy) is 1. The number of aliphatic hydroxyl groups is 1. The predicted octanol–water partition coefficient (Wildman–Crippen LogP) is 4.07. The van der Waals surface area contributed by atoms with Crippen molar-refractivity contribution in [3.8, 4) is 0 Å². The van der Waals surface area contributed by atoms with Crippen LogP contribution in [0.25, 0.3) is 0 Å². The number of halogens is 1. The molecule has 1 aromatic carbocycles. The molecule has 6 atom stereocenters. The van der Waals surface area contributed by atoms with E-state index >= 15 is 0 Å². The number of amides is 3. The van der Waals surface area contributed by atoms with Gasteiger partial charge in [-0.25, -0.2) is 0 Å². The first-order valence-corrected chi connectivity index (χ1v) is 14.7. The first-order valence-electron chi connectivity index (χ1n) is 14.3. The van der Waals surface area contributed by atoms with Gasteiger partial charge in [0.25, 0.3) is 5.91 Å². The highest BCUT2D eigenvalue weighted by Crippen LogP contribution is 2.65. The Morgan fingerprint density at radius 3 is 2.45 bits per heavy atom. The van der Waals surface area contributed by atoms with Crippen LogP contribution in [-0.4, -0.2) is 82.7 Å². The molecule has 3 fully saturated rings. The van der Waals surface area contributed by atoms with Gasteiger partial charge < -0.3 is 24.5 Å². The fraction of sp³-hybridized carbons (Fsp3) is 0.581. The molecule has 3 unspecified atom stereocenters. The molecule has 3 aliphatic heterocycles. The Hall–Kier alpha value is -2.68. The van der Waals surface area contributed by atoms with E-state index in [1.165, 1.54) is 0 Å². The van der Waals surface area contributed by atoms with Gasteiger partial charge >= 0.3 is 0 Å². The molecule has 0 radical (unpaired) electrons. The van der Waals surface area contributed by atoms with Crippen LogP contribution in [0, 0.1) is 17.8 Å². The summed E-state index contributed by atoms with van der Waals surface area (Å²) in [7, 11) is 0. The van der Waals surface area contributed by atoms with Crippen LogP contribution in [0.1, 0.15) is 46.5 Å². The van der Waals surface area contributed by atoms with Crippen LogP contribution in [0.3, 0.4) is 0 Å². The number of carbonyl (C=O) groups excluding carboxylic acids is 3. The predicted molar refractivity (Wildman–Crippen MR) is 156 cm³/mol. The zero-order valence-corrected chi connectivity index (χ0v) is 24.6. The van der Waals surface area contributed by atoms with Crippen molar-refractivity contribution in [3.05, 3.63) is 54.6 Å².